The first-order valence-corrected chi connectivity index (χ1v) is 5.08. The quantitative estimate of drug-likeness (QED) is 0.740. The maximum atomic E-state index is 5.56. The summed E-state index contributed by atoms with van der Waals surface area (Å²) in [5, 5.41) is 3.82. The third-order valence-electron chi connectivity index (χ3n) is 1.80. The Morgan fingerprint density at radius 1 is 1.40 bits per heavy atom. The van der Waals surface area contributed by atoms with E-state index in [1.807, 2.05) is 0 Å². The van der Waals surface area contributed by atoms with Crippen LogP contribution in [0.15, 0.2) is 23.1 Å². The topological polar surface area (TPSA) is 64.7 Å². The summed E-state index contributed by atoms with van der Waals surface area (Å²) in [6.45, 7) is 0. The smallest absolute Gasteiger partial charge is 0.227 e. The van der Waals surface area contributed by atoms with Crippen molar-refractivity contribution in [1.82, 2.24) is 20.1 Å². The summed E-state index contributed by atoms with van der Waals surface area (Å²) in [6, 6.07) is 1.73. The van der Waals surface area contributed by atoms with Gasteiger partial charge >= 0.3 is 0 Å². The van der Waals surface area contributed by atoms with Crippen molar-refractivity contribution in [2.45, 2.75) is 12.8 Å². The van der Waals surface area contributed by atoms with E-state index in [4.69, 9.17) is 16.1 Å². The molecule has 0 atom stereocenters. The fraction of sp³-hybridized carbons (Fsp3) is 0.333. The van der Waals surface area contributed by atoms with Gasteiger partial charge in [-0.25, -0.2) is 9.97 Å². The molecule has 0 aromatic carbocycles. The first-order valence-electron chi connectivity index (χ1n) is 4.55. The van der Waals surface area contributed by atoms with Crippen molar-refractivity contribution >= 4 is 11.6 Å². The zero-order valence-corrected chi connectivity index (χ0v) is 8.68. The Morgan fingerprint density at radius 3 is 3.07 bits per heavy atom. The molecule has 0 radical (unpaired) electrons. The summed E-state index contributed by atoms with van der Waals surface area (Å²) >= 11 is 5.56. The first kappa shape index (κ1) is 10.0. The van der Waals surface area contributed by atoms with Crippen LogP contribution in [0.4, 0.5) is 0 Å². The largest absolute Gasteiger partial charge is 0.339 e. The van der Waals surface area contributed by atoms with Crippen LogP contribution < -0.4 is 0 Å². The van der Waals surface area contributed by atoms with Gasteiger partial charge in [-0.2, -0.15) is 4.98 Å². The molecular formula is C9H9ClN4O. The van der Waals surface area contributed by atoms with Crippen LogP contribution in [0.1, 0.15) is 12.3 Å². The molecule has 0 N–H and O–H groups in total. The monoisotopic (exact) mass is 224 g/mol. The third kappa shape index (κ3) is 2.50. The zero-order valence-electron chi connectivity index (χ0n) is 7.93. The second kappa shape index (κ2) is 4.84. The van der Waals surface area contributed by atoms with Crippen LogP contribution >= 0.6 is 11.6 Å². The van der Waals surface area contributed by atoms with E-state index in [1.54, 1.807) is 12.3 Å². The van der Waals surface area contributed by atoms with Crippen LogP contribution in [0.25, 0.3) is 11.5 Å². The normalized spacial score (nSPS) is 10.5. The lowest BCUT2D eigenvalue weighted by Crippen LogP contribution is -1.88. The lowest BCUT2D eigenvalue weighted by Gasteiger charge is -1.89. The molecule has 2 heterocycles. The van der Waals surface area contributed by atoms with E-state index in [9.17, 15) is 0 Å². The van der Waals surface area contributed by atoms with Crippen molar-refractivity contribution in [1.29, 1.82) is 0 Å². The van der Waals surface area contributed by atoms with Crippen LogP contribution in [0.5, 0.6) is 0 Å². The summed E-state index contributed by atoms with van der Waals surface area (Å²) < 4.78 is 5.04. The molecule has 0 saturated carbocycles. The molecule has 0 fully saturated rings. The zero-order chi connectivity index (χ0) is 10.5. The highest BCUT2D eigenvalue weighted by molar-refractivity contribution is 6.17. The molecular weight excluding hydrogens is 216 g/mol. The summed E-state index contributed by atoms with van der Waals surface area (Å²) in [6.07, 6.45) is 4.61. The molecule has 6 heteroatoms. The Hall–Kier alpha value is -1.49. The molecule has 2 aromatic heterocycles. The maximum Gasteiger partial charge on any atom is 0.227 e. The van der Waals surface area contributed by atoms with Crippen molar-refractivity contribution in [2.24, 2.45) is 0 Å². The van der Waals surface area contributed by atoms with Crippen molar-refractivity contribution < 1.29 is 4.52 Å². The fourth-order valence-electron chi connectivity index (χ4n) is 1.10. The first-order chi connectivity index (χ1) is 7.40. The Labute approximate surface area is 91.5 Å². The van der Waals surface area contributed by atoms with Gasteiger partial charge in [-0.3, -0.25) is 0 Å². The number of halogens is 1. The van der Waals surface area contributed by atoms with Crippen molar-refractivity contribution in [3.63, 3.8) is 0 Å². The predicted molar refractivity (Wildman–Crippen MR) is 54.4 cm³/mol. The molecule has 0 aliphatic rings. The Bertz CT molecular complexity index is 417. The molecule has 15 heavy (non-hydrogen) atoms. The number of rotatable bonds is 4. The lowest BCUT2D eigenvalue weighted by atomic mass is 10.3. The maximum absolute atomic E-state index is 5.56. The van der Waals surface area contributed by atoms with Crippen molar-refractivity contribution in [3.05, 3.63) is 24.5 Å². The van der Waals surface area contributed by atoms with Crippen molar-refractivity contribution in [2.75, 3.05) is 5.88 Å². The van der Waals surface area contributed by atoms with E-state index in [-0.39, 0.29) is 0 Å². The second-order valence-corrected chi connectivity index (χ2v) is 3.28. The summed E-state index contributed by atoms with van der Waals surface area (Å²) in [4.78, 5) is 12.0. The van der Waals surface area contributed by atoms with Crippen LogP contribution in [-0.4, -0.2) is 26.0 Å². The Balaban J connectivity index is 2.14. The van der Waals surface area contributed by atoms with Gasteiger partial charge in [-0.05, 0) is 12.5 Å². The fourth-order valence-corrected chi connectivity index (χ4v) is 1.24. The number of nitrogens with zero attached hydrogens (tertiary/aromatic N) is 4. The van der Waals surface area contributed by atoms with Crippen LogP contribution in [0, 0.1) is 0 Å². The average Bonchev–Trinajstić information content (AvgIpc) is 2.76. The van der Waals surface area contributed by atoms with Gasteiger partial charge < -0.3 is 4.52 Å². The molecule has 0 unspecified atom stereocenters. The number of aromatic nitrogens is 4. The Kier molecular flexibility index (Phi) is 3.24. The summed E-state index contributed by atoms with van der Waals surface area (Å²) in [5.41, 5.74) is 0.658. The minimum Gasteiger partial charge on any atom is -0.339 e. The average molecular weight is 225 g/mol. The molecule has 0 spiro atoms. The highest BCUT2D eigenvalue weighted by atomic mass is 35.5. The van der Waals surface area contributed by atoms with E-state index in [2.05, 4.69) is 20.1 Å². The van der Waals surface area contributed by atoms with Gasteiger partial charge in [0, 0.05) is 18.5 Å². The third-order valence-corrected chi connectivity index (χ3v) is 2.07. The van der Waals surface area contributed by atoms with Crippen LogP contribution in [0.2, 0.25) is 0 Å². The molecule has 0 aliphatic heterocycles. The van der Waals surface area contributed by atoms with Crippen molar-refractivity contribution in [3.8, 4) is 11.5 Å². The van der Waals surface area contributed by atoms with E-state index < -0.39 is 0 Å². The second-order valence-electron chi connectivity index (χ2n) is 2.90. The number of aryl methyl sites for hydroxylation is 1. The SMILES string of the molecule is ClCCCc1nc(-c2ccncn2)no1. The van der Waals surface area contributed by atoms with E-state index in [0.29, 0.717) is 29.7 Å². The van der Waals surface area contributed by atoms with Gasteiger partial charge in [0.05, 0.1) is 0 Å². The number of alkyl halides is 1. The molecule has 0 bridgehead atoms. The molecule has 0 amide bonds. The Morgan fingerprint density at radius 2 is 2.33 bits per heavy atom. The molecule has 2 aromatic rings. The minimum atomic E-state index is 0.488. The summed E-state index contributed by atoms with van der Waals surface area (Å²) in [7, 11) is 0. The van der Waals surface area contributed by atoms with Crippen LogP contribution in [0.3, 0.4) is 0 Å². The molecule has 0 saturated heterocycles. The molecule has 5 nitrogen and oxygen atoms in total. The van der Waals surface area contributed by atoms with Gasteiger partial charge in [0.15, 0.2) is 0 Å². The molecule has 0 aliphatic carbocycles. The highest BCUT2D eigenvalue weighted by Gasteiger charge is 2.08. The van der Waals surface area contributed by atoms with Gasteiger partial charge in [-0.1, -0.05) is 5.16 Å². The van der Waals surface area contributed by atoms with E-state index in [0.717, 1.165) is 6.42 Å². The lowest BCUT2D eigenvalue weighted by molar-refractivity contribution is 0.378. The standard InChI is InChI=1S/C9H9ClN4O/c10-4-1-2-8-13-9(14-15-8)7-3-5-11-6-12-7/h3,5-6H,1-2,4H2. The van der Waals surface area contributed by atoms with Gasteiger partial charge in [0.25, 0.3) is 0 Å². The predicted octanol–water partition coefficient (Wildman–Crippen LogP) is 1.70. The van der Waals surface area contributed by atoms with Crippen LogP contribution in [-0.2, 0) is 6.42 Å². The number of hydrogen-bond acceptors (Lipinski definition) is 5. The van der Waals surface area contributed by atoms with Gasteiger partial charge in [-0.15, -0.1) is 11.6 Å². The highest BCUT2D eigenvalue weighted by Crippen LogP contribution is 2.11. The summed E-state index contributed by atoms with van der Waals surface area (Å²) in [5.74, 6) is 1.66. The van der Waals surface area contributed by atoms with Gasteiger partial charge in [0.1, 0.15) is 12.0 Å². The molecule has 78 valence electrons. The van der Waals surface area contributed by atoms with E-state index >= 15 is 0 Å². The van der Waals surface area contributed by atoms with E-state index in [1.165, 1.54) is 6.33 Å². The molecule has 2 rings (SSSR count). The number of hydrogen-bond donors (Lipinski definition) is 0. The van der Waals surface area contributed by atoms with Gasteiger partial charge in [0.2, 0.25) is 11.7 Å². The minimum absolute atomic E-state index is 0.488.